The van der Waals surface area contributed by atoms with Crippen LogP contribution in [0.15, 0.2) is 60.7 Å². The van der Waals surface area contributed by atoms with Crippen LogP contribution < -0.4 is 4.74 Å². The van der Waals surface area contributed by atoms with Crippen LogP contribution in [0.4, 0.5) is 0 Å². The van der Waals surface area contributed by atoms with Gasteiger partial charge in [-0.2, -0.15) is 0 Å². The molecule has 0 amide bonds. The van der Waals surface area contributed by atoms with Crippen molar-refractivity contribution in [1.82, 2.24) is 0 Å². The molecule has 0 spiro atoms. The van der Waals surface area contributed by atoms with Crippen molar-refractivity contribution in [3.05, 3.63) is 77.4 Å². The highest BCUT2D eigenvalue weighted by Gasteiger charge is 2.03. The van der Waals surface area contributed by atoms with Gasteiger partial charge < -0.3 is 9.47 Å². The van der Waals surface area contributed by atoms with Crippen molar-refractivity contribution >= 4 is 16.7 Å². The van der Waals surface area contributed by atoms with Gasteiger partial charge in [0.05, 0.1) is 14.2 Å². The number of hydrogen-bond donors (Lipinski definition) is 0. The first-order chi connectivity index (χ1) is 12.7. The molecule has 3 nitrogen and oxygen atoms in total. The van der Waals surface area contributed by atoms with Crippen molar-refractivity contribution < 1.29 is 14.3 Å². The summed E-state index contributed by atoms with van der Waals surface area (Å²) in [5.41, 5.74) is 2.49. The maximum Gasteiger partial charge on any atom is 0.384 e. The number of hydrogen-bond acceptors (Lipinski definition) is 3. The Morgan fingerprint density at radius 2 is 1.46 bits per heavy atom. The molecule has 3 aromatic rings. The number of methoxy groups -OCH3 is 2. The second-order valence-electron chi connectivity index (χ2n) is 5.43. The fourth-order valence-corrected chi connectivity index (χ4v) is 2.53. The molecule has 26 heavy (non-hydrogen) atoms. The lowest BCUT2D eigenvalue weighted by Gasteiger charge is -2.03. The van der Waals surface area contributed by atoms with E-state index in [1.54, 1.807) is 7.11 Å². The zero-order chi connectivity index (χ0) is 18.4. The van der Waals surface area contributed by atoms with Crippen LogP contribution in [-0.4, -0.2) is 20.2 Å². The molecule has 0 N–H and O–H groups in total. The third kappa shape index (κ3) is 3.86. The molecule has 0 heterocycles. The number of fused-ring (bicyclic) bond motifs is 1. The Hall–Kier alpha value is -3.69. The van der Waals surface area contributed by atoms with Crippen molar-refractivity contribution in [2.45, 2.75) is 0 Å². The van der Waals surface area contributed by atoms with Crippen molar-refractivity contribution in [2.75, 3.05) is 14.2 Å². The molecule has 3 heteroatoms. The fourth-order valence-electron chi connectivity index (χ4n) is 2.53. The summed E-state index contributed by atoms with van der Waals surface area (Å²) in [6, 6.07) is 19.3. The lowest BCUT2D eigenvalue weighted by atomic mass is 9.99. The molecule has 126 valence electrons. The highest BCUT2D eigenvalue weighted by Crippen LogP contribution is 2.22. The Kier molecular flexibility index (Phi) is 5.22. The van der Waals surface area contributed by atoms with Gasteiger partial charge in [0, 0.05) is 28.0 Å². The Labute approximate surface area is 152 Å². The molecule has 0 aliphatic rings. The van der Waals surface area contributed by atoms with E-state index in [4.69, 9.17) is 4.74 Å². The number of carbonyl (C=O) groups excluding carboxylic acids is 1. The molecular weight excluding hydrogens is 324 g/mol. The summed E-state index contributed by atoms with van der Waals surface area (Å²) in [5.74, 6) is 12.0. The monoisotopic (exact) mass is 340 g/mol. The number of esters is 1. The minimum Gasteiger partial charge on any atom is -0.497 e. The van der Waals surface area contributed by atoms with Gasteiger partial charge in [0.2, 0.25) is 0 Å². The third-order valence-corrected chi connectivity index (χ3v) is 3.82. The van der Waals surface area contributed by atoms with Gasteiger partial charge in [-0.05, 0) is 41.8 Å². The Balaban J connectivity index is 2.07. The fraction of sp³-hybridized carbons (Fsp3) is 0.0870. The summed E-state index contributed by atoms with van der Waals surface area (Å²) in [6.45, 7) is 0. The van der Waals surface area contributed by atoms with E-state index in [0.717, 1.165) is 33.2 Å². The lowest BCUT2D eigenvalue weighted by Crippen LogP contribution is -1.94. The molecule has 0 bridgehead atoms. The topological polar surface area (TPSA) is 35.5 Å². The minimum absolute atomic E-state index is 0.566. The maximum atomic E-state index is 11.3. The van der Waals surface area contributed by atoms with Gasteiger partial charge in [0.15, 0.2) is 0 Å². The quantitative estimate of drug-likeness (QED) is 0.500. The zero-order valence-corrected chi connectivity index (χ0v) is 14.5. The lowest BCUT2D eigenvalue weighted by molar-refractivity contribution is -0.133. The smallest absolute Gasteiger partial charge is 0.384 e. The molecule has 0 atom stereocenters. The van der Waals surface area contributed by atoms with Crippen LogP contribution in [0, 0.1) is 23.7 Å². The van der Waals surface area contributed by atoms with Gasteiger partial charge >= 0.3 is 5.97 Å². The Morgan fingerprint density at radius 1 is 0.808 bits per heavy atom. The second kappa shape index (κ2) is 7.92. The number of rotatable bonds is 1. The average Bonchev–Trinajstić information content (AvgIpc) is 2.70. The molecule has 0 fully saturated rings. The maximum absolute atomic E-state index is 11.3. The Morgan fingerprint density at radius 3 is 2.08 bits per heavy atom. The summed E-state index contributed by atoms with van der Waals surface area (Å²) < 4.78 is 9.75. The normalized spacial score (nSPS) is 9.46. The van der Waals surface area contributed by atoms with Gasteiger partial charge in [-0.3, -0.25) is 0 Å². The van der Waals surface area contributed by atoms with Crippen LogP contribution >= 0.6 is 0 Å². The van der Waals surface area contributed by atoms with Crippen molar-refractivity contribution in [3.8, 4) is 29.4 Å². The standard InChI is InChI=1S/C23H16O3/c1-25-21-14-10-17(11-15-21)9-12-19-7-3-5-18-6-4-8-20(23(18)19)13-16-22(24)26-2/h3-8,10-11,14-15H,1-2H3. The van der Waals surface area contributed by atoms with Crippen molar-refractivity contribution in [3.63, 3.8) is 0 Å². The summed E-state index contributed by atoms with van der Waals surface area (Å²) in [7, 11) is 2.94. The summed E-state index contributed by atoms with van der Waals surface area (Å²) >= 11 is 0. The van der Waals surface area contributed by atoms with Crippen LogP contribution in [0.3, 0.4) is 0 Å². The van der Waals surface area contributed by atoms with Crippen LogP contribution in [0.5, 0.6) is 5.75 Å². The van der Waals surface area contributed by atoms with Crippen molar-refractivity contribution in [1.29, 1.82) is 0 Å². The molecule has 3 rings (SSSR count). The van der Waals surface area contributed by atoms with E-state index in [-0.39, 0.29) is 0 Å². The van der Waals surface area contributed by atoms with Gasteiger partial charge in [0.1, 0.15) is 5.75 Å². The van der Waals surface area contributed by atoms with E-state index in [1.165, 1.54) is 7.11 Å². The highest BCUT2D eigenvalue weighted by atomic mass is 16.5. The van der Waals surface area contributed by atoms with Crippen LogP contribution in [0.25, 0.3) is 10.8 Å². The van der Waals surface area contributed by atoms with Crippen LogP contribution in [0.2, 0.25) is 0 Å². The van der Waals surface area contributed by atoms with E-state index in [2.05, 4.69) is 28.4 Å². The van der Waals surface area contributed by atoms with Gasteiger partial charge in [-0.15, -0.1) is 0 Å². The highest BCUT2D eigenvalue weighted by molar-refractivity contribution is 5.95. The first kappa shape index (κ1) is 17.1. The summed E-state index contributed by atoms with van der Waals surface area (Å²) in [6.07, 6.45) is 0. The van der Waals surface area contributed by atoms with Gasteiger partial charge in [0.25, 0.3) is 0 Å². The molecular formula is C23H16O3. The largest absolute Gasteiger partial charge is 0.497 e. The van der Waals surface area contributed by atoms with E-state index in [0.29, 0.717) is 0 Å². The zero-order valence-electron chi connectivity index (χ0n) is 14.5. The molecule has 0 aromatic heterocycles. The number of benzene rings is 3. The van der Waals surface area contributed by atoms with Gasteiger partial charge in [-0.1, -0.05) is 42.0 Å². The predicted molar refractivity (Wildman–Crippen MR) is 102 cm³/mol. The van der Waals surface area contributed by atoms with Crippen LogP contribution in [-0.2, 0) is 9.53 Å². The second-order valence-corrected chi connectivity index (χ2v) is 5.43. The predicted octanol–water partition coefficient (Wildman–Crippen LogP) is 3.77. The molecule has 0 unspecified atom stereocenters. The van der Waals surface area contributed by atoms with Crippen LogP contribution in [0.1, 0.15) is 16.7 Å². The third-order valence-electron chi connectivity index (χ3n) is 3.82. The average molecular weight is 340 g/mol. The van der Waals surface area contributed by atoms with E-state index >= 15 is 0 Å². The van der Waals surface area contributed by atoms with E-state index in [9.17, 15) is 4.79 Å². The van der Waals surface area contributed by atoms with Gasteiger partial charge in [-0.25, -0.2) is 4.79 Å². The van der Waals surface area contributed by atoms with Crippen molar-refractivity contribution in [2.24, 2.45) is 0 Å². The molecule has 0 radical (unpaired) electrons. The summed E-state index contributed by atoms with van der Waals surface area (Å²) in [5, 5.41) is 1.94. The molecule has 0 aliphatic heterocycles. The molecule has 0 saturated carbocycles. The number of ether oxygens (including phenoxy) is 2. The Bertz CT molecular complexity index is 1070. The first-order valence-electron chi connectivity index (χ1n) is 7.99. The van der Waals surface area contributed by atoms with E-state index in [1.807, 2.05) is 60.7 Å². The SMILES string of the molecule is COC(=O)C#Cc1cccc2cccc(C#Cc3ccc(OC)cc3)c12. The molecule has 0 aliphatic carbocycles. The molecule has 0 saturated heterocycles. The van der Waals surface area contributed by atoms with E-state index < -0.39 is 5.97 Å². The molecule has 3 aromatic carbocycles. The first-order valence-corrected chi connectivity index (χ1v) is 7.99. The minimum atomic E-state index is -0.566. The summed E-state index contributed by atoms with van der Waals surface area (Å²) in [4.78, 5) is 11.3. The number of carbonyl (C=O) groups is 1.